The molecule has 0 aliphatic heterocycles. The summed E-state index contributed by atoms with van der Waals surface area (Å²) in [6.07, 6.45) is 10.6. The van der Waals surface area contributed by atoms with E-state index in [-0.39, 0.29) is 6.61 Å². The lowest BCUT2D eigenvalue weighted by Crippen LogP contribution is -2.00. The zero-order valence-electron chi connectivity index (χ0n) is 12.8. The van der Waals surface area contributed by atoms with Crippen molar-refractivity contribution in [1.82, 2.24) is 0 Å². The van der Waals surface area contributed by atoms with E-state index in [4.69, 9.17) is 10.00 Å². The van der Waals surface area contributed by atoms with Crippen molar-refractivity contribution in [2.24, 2.45) is 11.8 Å². The van der Waals surface area contributed by atoms with Gasteiger partial charge in [0.25, 0.3) is 0 Å². The van der Waals surface area contributed by atoms with Gasteiger partial charge in [-0.2, -0.15) is 5.26 Å². The highest BCUT2D eigenvalue weighted by molar-refractivity contribution is 5.49. The first-order valence-electron chi connectivity index (χ1n) is 7.63. The number of nitriles is 1. The molecule has 0 N–H and O–H groups in total. The van der Waals surface area contributed by atoms with Crippen molar-refractivity contribution in [2.75, 3.05) is 6.61 Å². The molecule has 2 aliphatic carbocycles. The van der Waals surface area contributed by atoms with E-state index in [1.807, 2.05) is 13.0 Å². The highest BCUT2D eigenvalue weighted by Crippen LogP contribution is 2.45. The Hall–Kier alpha value is -1.97. The fourth-order valence-corrected chi connectivity index (χ4v) is 3.09. The van der Waals surface area contributed by atoms with E-state index in [1.165, 1.54) is 30.4 Å². The van der Waals surface area contributed by atoms with Crippen molar-refractivity contribution in [3.63, 3.8) is 0 Å². The SMILES string of the molecule is C=C=C(OCC#N)C(=C)C1=C(/C=C\C)C[C@H](CC2CC2)C1. The Balaban J connectivity index is 2.12. The van der Waals surface area contributed by atoms with Gasteiger partial charge in [0.05, 0.1) is 0 Å². The Labute approximate surface area is 127 Å². The van der Waals surface area contributed by atoms with Crippen molar-refractivity contribution in [3.05, 3.63) is 53.5 Å². The van der Waals surface area contributed by atoms with Gasteiger partial charge in [-0.25, -0.2) is 0 Å². The molecular formula is C19H23NO. The predicted molar refractivity (Wildman–Crippen MR) is 85.3 cm³/mol. The number of hydrogen-bond acceptors (Lipinski definition) is 2. The monoisotopic (exact) mass is 281 g/mol. The quantitative estimate of drug-likeness (QED) is 0.380. The molecule has 110 valence electrons. The third-order valence-electron chi connectivity index (χ3n) is 4.20. The van der Waals surface area contributed by atoms with Crippen LogP contribution < -0.4 is 0 Å². The highest BCUT2D eigenvalue weighted by Gasteiger charge is 2.31. The van der Waals surface area contributed by atoms with Gasteiger partial charge in [-0.3, -0.25) is 0 Å². The number of ether oxygens (including phenoxy) is 1. The van der Waals surface area contributed by atoms with Gasteiger partial charge < -0.3 is 4.74 Å². The third kappa shape index (κ3) is 4.00. The molecule has 21 heavy (non-hydrogen) atoms. The van der Waals surface area contributed by atoms with Crippen LogP contribution in [-0.4, -0.2) is 6.61 Å². The van der Waals surface area contributed by atoms with Crippen molar-refractivity contribution in [2.45, 2.75) is 39.0 Å². The standard InChI is InChI=1S/C19H23NO/c1-4-6-17-12-16(11-15-7-8-15)13-18(17)14(3)19(5-2)21-10-9-20/h4,6,15-16H,2-3,7-8,10-13H2,1H3/b6-4-/t16-/m0/s1. The number of hydrogen-bond donors (Lipinski definition) is 0. The summed E-state index contributed by atoms with van der Waals surface area (Å²) in [5, 5.41) is 8.65. The Kier molecular flexibility index (Phi) is 5.26. The zero-order chi connectivity index (χ0) is 15.2. The van der Waals surface area contributed by atoms with Gasteiger partial charge in [-0.05, 0) is 49.2 Å². The molecule has 1 atom stereocenters. The molecule has 0 aromatic rings. The molecule has 0 unspecified atom stereocenters. The minimum Gasteiger partial charge on any atom is -0.471 e. The van der Waals surface area contributed by atoms with Crippen LogP contribution in [-0.2, 0) is 4.74 Å². The van der Waals surface area contributed by atoms with Crippen molar-refractivity contribution >= 4 is 0 Å². The molecular weight excluding hydrogens is 258 g/mol. The molecule has 2 aliphatic rings. The normalized spacial score (nSPS) is 21.2. The van der Waals surface area contributed by atoms with Gasteiger partial charge in [0.2, 0.25) is 0 Å². The maximum absolute atomic E-state index is 8.65. The van der Waals surface area contributed by atoms with Gasteiger partial charge in [0.15, 0.2) is 12.4 Å². The van der Waals surface area contributed by atoms with E-state index in [1.54, 1.807) is 0 Å². The summed E-state index contributed by atoms with van der Waals surface area (Å²) >= 11 is 0. The van der Waals surface area contributed by atoms with Gasteiger partial charge in [0, 0.05) is 5.57 Å². The van der Waals surface area contributed by atoms with Crippen LogP contribution in [0.25, 0.3) is 0 Å². The van der Waals surface area contributed by atoms with Crippen LogP contribution in [0.5, 0.6) is 0 Å². The van der Waals surface area contributed by atoms with Crippen LogP contribution >= 0.6 is 0 Å². The van der Waals surface area contributed by atoms with Crippen molar-refractivity contribution in [1.29, 1.82) is 5.26 Å². The Bertz CT molecular complexity index is 563. The Morgan fingerprint density at radius 3 is 2.71 bits per heavy atom. The minimum absolute atomic E-state index is 0.00854. The smallest absolute Gasteiger partial charge is 0.175 e. The average Bonchev–Trinajstić information content (AvgIpc) is 3.20. The van der Waals surface area contributed by atoms with E-state index in [2.05, 4.69) is 31.0 Å². The molecule has 0 aromatic carbocycles. The second-order valence-electron chi connectivity index (χ2n) is 5.89. The first kappa shape index (κ1) is 15.4. The maximum atomic E-state index is 8.65. The molecule has 0 radical (unpaired) electrons. The molecule has 2 rings (SSSR count). The molecule has 2 heteroatoms. The van der Waals surface area contributed by atoms with Crippen LogP contribution in [0.2, 0.25) is 0 Å². The number of allylic oxidation sites excluding steroid dienone is 4. The fraction of sp³-hybridized carbons (Fsp3) is 0.474. The topological polar surface area (TPSA) is 33.0 Å². The number of nitrogens with zero attached hydrogens (tertiary/aromatic N) is 1. The Morgan fingerprint density at radius 1 is 1.38 bits per heavy atom. The van der Waals surface area contributed by atoms with E-state index in [9.17, 15) is 0 Å². The summed E-state index contributed by atoms with van der Waals surface area (Å²) in [4.78, 5) is 0. The molecule has 0 saturated heterocycles. The first-order valence-corrected chi connectivity index (χ1v) is 7.63. The second kappa shape index (κ2) is 7.16. The van der Waals surface area contributed by atoms with Gasteiger partial charge in [-0.15, -0.1) is 0 Å². The fourth-order valence-electron chi connectivity index (χ4n) is 3.09. The van der Waals surface area contributed by atoms with Crippen LogP contribution in [0.3, 0.4) is 0 Å². The lowest BCUT2D eigenvalue weighted by molar-refractivity contribution is 0.262. The Morgan fingerprint density at radius 2 is 2.14 bits per heavy atom. The lowest BCUT2D eigenvalue weighted by Gasteiger charge is -2.12. The summed E-state index contributed by atoms with van der Waals surface area (Å²) in [5.74, 6) is 2.18. The molecule has 0 heterocycles. The van der Waals surface area contributed by atoms with Crippen LogP contribution in [0.1, 0.15) is 39.0 Å². The maximum Gasteiger partial charge on any atom is 0.175 e. The summed E-state index contributed by atoms with van der Waals surface area (Å²) in [7, 11) is 0. The summed E-state index contributed by atoms with van der Waals surface area (Å²) in [6.45, 7) is 9.86. The highest BCUT2D eigenvalue weighted by atomic mass is 16.5. The van der Waals surface area contributed by atoms with E-state index in [0.29, 0.717) is 5.76 Å². The summed E-state index contributed by atoms with van der Waals surface area (Å²) in [6, 6.07) is 1.98. The summed E-state index contributed by atoms with van der Waals surface area (Å²) < 4.78 is 5.39. The van der Waals surface area contributed by atoms with Gasteiger partial charge >= 0.3 is 0 Å². The van der Waals surface area contributed by atoms with E-state index >= 15 is 0 Å². The summed E-state index contributed by atoms with van der Waals surface area (Å²) in [5.41, 5.74) is 6.22. The molecule has 0 amide bonds. The average molecular weight is 281 g/mol. The molecule has 2 nitrogen and oxygen atoms in total. The number of rotatable bonds is 7. The van der Waals surface area contributed by atoms with Crippen LogP contribution in [0, 0.1) is 23.2 Å². The molecule has 0 bridgehead atoms. The molecule has 0 aromatic heterocycles. The second-order valence-corrected chi connectivity index (χ2v) is 5.89. The molecule has 1 fully saturated rings. The van der Waals surface area contributed by atoms with Crippen molar-refractivity contribution < 1.29 is 4.74 Å². The lowest BCUT2D eigenvalue weighted by atomic mass is 9.96. The van der Waals surface area contributed by atoms with Gasteiger partial charge in [-0.1, -0.05) is 43.9 Å². The zero-order valence-corrected chi connectivity index (χ0v) is 12.8. The molecule has 1 saturated carbocycles. The van der Waals surface area contributed by atoms with Gasteiger partial charge in [0.1, 0.15) is 6.07 Å². The van der Waals surface area contributed by atoms with E-state index in [0.717, 1.165) is 30.3 Å². The first-order chi connectivity index (χ1) is 10.2. The largest absolute Gasteiger partial charge is 0.471 e. The predicted octanol–water partition coefficient (Wildman–Crippen LogP) is 4.83. The van der Waals surface area contributed by atoms with Crippen LogP contribution in [0.4, 0.5) is 0 Å². The minimum atomic E-state index is 0.00854. The third-order valence-corrected chi connectivity index (χ3v) is 4.20. The molecule has 0 spiro atoms. The van der Waals surface area contributed by atoms with Crippen molar-refractivity contribution in [3.8, 4) is 6.07 Å². The van der Waals surface area contributed by atoms with Crippen LogP contribution in [0.15, 0.2) is 53.5 Å². The van der Waals surface area contributed by atoms with E-state index < -0.39 is 0 Å².